The largest absolute Gasteiger partial charge is 0.489 e. The first-order valence-electron chi connectivity index (χ1n) is 9.68. The fraction of sp³-hybridized carbons (Fsp3) is 0.435. The standard InChI is InChI=1S/C23H30O4/c1-3-4-5-9-16-26-22(23(24)25-2)17-19-12-14-21(15-13-19)27-18-20-10-7-6-8-11-20/h6-8,10-15,22H,3-5,9,16-18H2,1-2H3. The summed E-state index contributed by atoms with van der Waals surface area (Å²) in [4.78, 5) is 12.0. The van der Waals surface area contributed by atoms with Gasteiger partial charge in [-0.05, 0) is 29.7 Å². The molecule has 2 rings (SSSR count). The molecule has 0 N–H and O–H groups in total. The third-order valence-corrected chi connectivity index (χ3v) is 4.37. The van der Waals surface area contributed by atoms with Gasteiger partial charge in [-0.3, -0.25) is 0 Å². The van der Waals surface area contributed by atoms with Gasteiger partial charge in [0.2, 0.25) is 0 Å². The number of methoxy groups -OCH3 is 1. The molecule has 1 atom stereocenters. The Morgan fingerprint density at radius 1 is 0.926 bits per heavy atom. The molecule has 0 fully saturated rings. The van der Waals surface area contributed by atoms with Crippen LogP contribution in [0.4, 0.5) is 0 Å². The molecule has 2 aromatic rings. The van der Waals surface area contributed by atoms with E-state index in [1.807, 2.05) is 54.6 Å². The van der Waals surface area contributed by atoms with E-state index >= 15 is 0 Å². The lowest BCUT2D eigenvalue weighted by molar-refractivity contribution is -0.154. The summed E-state index contributed by atoms with van der Waals surface area (Å²) < 4.78 is 16.5. The van der Waals surface area contributed by atoms with Crippen molar-refractivity contribution in [2.24, 2.45) is 0 Å². The quantitative estimate of drug-likeness (QED) is 0.392. The van der Waals surface area contributed by atoms with Crippen LogP contribution in [0.5, 0.6) is 5.75 Å². The Labute approximate surface area is 162 Å². The van der Waals surface area contributed by atoms with E-state index in [-0.39, 0.29) is 5.97 Å². The van der Waals surface area contributed by atoms with Gasteiger partial charge in [0.1, 0.15) is 12.4 Å². The SMILES string of the molecule is CCCCCCOC(Cc1ccc(OCc2ccccc2)cc1)C(=O)OC. The Hall–Kier alpha value is -2.33. The van der Waals surface area contributed by atoms with Crippen molar-refractivity contribution in [1.82, 2.24) is 0 Å². The van der Waals surface area contributed by atoms with Crippen LogP contribution < -0.4 is 4.74 Å². The maximum absolute atomic E-state index is 12.0. The molecule has 4 heteroatoms. The molecule has 0 saturated carbocycles. The van der Waals surface area contributed by atoms with Crippen molar-refractivity contribution in [3.63, 3.8) is 0 Å². The summed E-state index contributed by atoms with van der Waals surface area (Å²) in [5.41, 5.74) is 2.15. The molecule has 4 nitrogen and oxygen atoms in total. The molecule has 27 heavy (non-hydrogen) atoms. The van der Waals surface area contributed by atoms with Crippen molar-refractivity contribution in [2.75, 3.05) is 13.7 Å². The van der Waals surface area contributed by atoms with Gasteiger partial charge in [-0.15, -0.1) is 0 Å². The van der Waals surface area contributed by atoms with Crippen LogP contribution in [-0.2, 0) is 27.3 Å². The van der Waals surface area contributed by atoms with E-state index in [0.29, 0.717) is 19.6 Å². The summed E-state index contributed by atoms with van der Waals surface area (Å²) in [6.07, 6.45) is 4.40. The molecule has 0 aliphatic carbocycles. The van der Waals surface area contributed by atoms with Crippen LogP contribution in [0.15, 0.2) is 54.6 Å². The normalized spacial score (nSPS) is 11.8. The molecule has 0 aromatic heterocycles. The average molecular weight is 370 g/mol. The van der Waals surface area contributed by atoms with Crippen LogP contribution in [-0.4, -0.2) is 25.8 Å². The predicted molar refractivity (Wildman–Crippen MR) is 107 cm³/mol. The summed E-state index contributed by atoms with van der Waals surface area (Å²) >= 11 is 0. The first kappa shape index (κ1) is 21.0. The summed E-state index contributed by atoms with van der Waals surface area (Å²) in [7, 11) is 1.40. The first-order valence-corrected chi connectivity index (χ1v) is 9.68. The van der Waals surface area contributed by atoms with Crippen molar-refractivity contribution < 1.29 is 19.0 Å². The lowest BCUT2D eigenvalue weighted by Crippen LogP contribution is -2.28. The number of hydrogen-bond donors (Lipinski definition) is 0. The molecule has 0 heterocycles. The van der Waals surface area contributed by atoms with Crippen molar-refractivity contribution in [1.29, 1.82) is 0 Å². The fourth-order valence-corrected chi connectivity index (χ4v) is 2.77. The molecule has 1 unspecified atom stereocenters. The monoisotopic (exact) mass is 370 g/mol. The van der Waals surface area contributed by atoms with Gasteiger partial charge in [0.05, 0.1) is 7.11 Å². The van der Waals surface area contributed by atoms with Crippen molar-refractivity contribution in [3.05, 3.63) is 65.7 Å². The van der Waals surface area contributed by atoms with Gasteiger partial charge in [0, 0.05) is 13.0 Å². The number of benzene rings is 2. The molecular weight excluding hydrogens is 340 g/mol. The third-order valence-electron chi connectivity index (χ3n) is 4.37. The highest BCUT2D eigenvalue weighted by Gasteiger charge is 2.20. The Balaban J connectivity index is 1.84. The molecule has 0 saturated heterocycles. The van der Waals surface area contributed by atoms with E-state index in [1.165, 1.54) is 20.0 Å². The van der Waals surface area contributed by atoms with Gasteiger partial charge < -0.3 is 14.2 Å². The Kier molecular flexibility index (Phi) is 9.42. The second-order valence-electron chi connectivity index (χ2n) is 6.57. The second kappa shape index (κ2) is 12.1. The van der Waals surface area contributed by atoms with Crippen LogP contribution in [0.25, 0.3) is 0 Å². The highest BCUT2D eigenvalue weighted by molar-refractivity contribution is 5.75. The van der Waals surface area contributed by atoms with Gasteiger partial charge >= 0.3 is 5.97 Å². The van der Waals surface area contributed by atoms with Crippen molar-refractivity contribution in [3.8, 4) is 5.75 Å². The number of hydrogen-bond acceptors (Lipinski definition) is 4. The lowest BCUT2D eigenvalue weighted by atomic mass is 10.1. The van der Waals surface area contributed by atoms with E-state index in [2.05, 4.69) is 6.92 Å². The molecule has 0 bridgehead atoms. The highest BCUT2D eigenvalue weighted by Crippen LogP contribution is 2.16. The van der Waals surface area contributed by atoms with E-state index in [1.54, 1.807) is 0 Å². The van der Waals surface area contributed by atoms with Crippen molar-refractivity contribution in [2.45, 2.75) is 51.7 Å². The smallest absolute Gasteiger partial charge is 0.335 e. The van der Waals surface area contributed by atoms with E-state index in [4.69, 9.17) is 14.2 Å². The zero-order chi connectivity index (χ0) is 19.3. The molecular formula is C23H30O4. The van der Waals surface area contributed by atoms with Gasteiger partial charge in [-0.25, -0.2) is 4.79 Å². The zero-order valence-electron chi connectivity index (χ0n) is 16.4. The molecule has 2 aromatic carbocycles. The first-order chi connectivity index (χ1) is 13.2. The zero-order valence-corrected chi connectivity index (χ0v) is 16.4. The predicted octanol–water partition coefficient (Wildman–Crippen LogP) is 4.95. The fourth-order valence-electron chi connectivity index (χ4n) is 2.77. The maximum Gasteiger partial charge on any atom is 0.335 e. The lowest BCUT2D eigenvalue weighted by Gasteiger charge is -2.16. The Bertz CT molecular complexity index is 652. The second-order valence-corrected chi connectivity index (χ2v) is 6.57. The van der Waals surface area contributed by atoms with Gasteiger partial charge in [-0.1, -0.05) is 68.7 Å². The molecule has 0 spiro atoms. The minimum atomic E-state index is -0.562. The summed E-state index contributed by atoms with van der Waals surface area (Å²) in [6.45, 7) is 3.29. The van der Waals surface area contributed by atoms with Gasteiger partial charge in [0.25, 0.3) is 0 Å². The number of unbranched alkanes of at least 4 members (excludes halogenated alkanes) is 3. The molecule has 0 amide bonds. The summed E-state index contributed by atoms with van der Waals surface area (Å²) in [6, 6.07) is 17.8. The Morgan fingerprint density at radius 2 is 1.67 bits per heavy atom. The van der Waals surface area contributed by atoms with E-state index in [0.717, 1.165) is 29.7 Å². The summed E-state index contributed by atoms with van der Waals surface area (Å²) in [5, 5.41) is 0. The van der Waals surface area contributed by atoms with Crippen LogP contribution in [0, 0.1) is 0 Å². The minimum absolute atomic E-state index is 0.324. The van der Waals surface area contributed by atoms with Crippen molar-refractivity contribution >= 4 is 5.97 Å². The number of rotatable bonds is 12. The Morgan fingerprint density at radius 3 is 2.33 bits per heavy atom. The summed E-state index contributed by atoms with van der Waals surface area (Å²) in [5.74, 6) is 0.479. The minimum Gasteiger partial charge on any atom is -0.489 e. The maximum atomic E-state index is 12.0. The van der Waals surface area contributed by atoms with Crippen LogP contribution in [0.3, 0.4) is 0 Å². The van der Waals surface area contributed by atoms with Gasteiger partial charge in [-0.2, -0.15) is 0 Å². The molecule has 0 aliphatic heterocycles. The topological polar surface area (TPSA) is 44.8 Å². The molecule has 146 valence electrons. The van der Waals surface area contributed by atoms with Gasteiger partial charge in [0.15, 0.2) is 6.10 Å². The number of carbonyl (C=O) groups is 1. The number of carbonyl (C=O) groups excluding carboxylic acids is 1. The van der Waals surface area contributed by atoms with E-state index in [9.17, 15) is 4.79 Å². The molecule has 0 radical (unpaired) electrons. The van der Waals surface area contributed by atoms with Crippen LogP contribution >= 0.6 is 0 Å². The average Bonchev–Trinajstić information content (AvgIpc) is 2.72. The molecule has 0 aliphatic rings. The highest BCUT2D eigenvalue weighted by atomic mass is 16.6. The van der Waals surface area contributed by atoms with Crippen LogP contribution in [0.2, 0.25) is 0 Å². The number of esters is 1. The van der Waals surface area contributed by atoms with E-state index < -0.39 is 6.10 Å². The number of ether oxygens (including phenoxy) is 3. The van der Waals surface area contributed by atoms with Crippen LogP contribution in [0.1, 0.15) is 43.7 Å². The third kappa shape index (κ3) is 7.83.